The number of nitrogens with zero attached hydrogens (tertiary/aromatic N) is 4. The van der Waals surface area contributed by atoms with Gasteiger partial charge in [0.1, 0.15) is 36.9 Å². The van der Waals surface area contributed by atoms with Crippen LogP contribution < -0.4 is 26.4 Å². The molecule has 0 spiro atoms. The number of pyridine rings is 1. The topological polar surface area (TPSA) is 220 Å². The second-order valence-electron chi connectivity index (χ2n) is 22.7. The second-order valence-corrected chi connectivity index (χ2v) is 23.5. The first kappa shape index (κ1) is 63.1. The van der Waals surface area contributed by atoms with Crippen LogP contribution in [0.5, 0.6) is 5.75 Å². The molecule has 4 heterocycles. The van der Waals surface area contributed by atoms with Gasteiger partial charge in [0.05, 0.1) is 73.2 Å². The standard InChI is InChI=1S/C61H79F3N8O9S/c1-38(2)30-47(65)35-81-52-17-14-45(31-50(52)61(62,63)64)46-18-22-66-53(32-46)69-48-15-12-42(13-16-48)43-19-23-71(24-20-43)55(75)21-25-78-26-27-79-28-29-80-36-54(74)70-57(60(5,6)7)59(77)72-34-49(73)33-51(72)58(76)68-39(3)41-8-10-44(11-9-41)56-40(4)67-37-82-56/h8-18,22,31-32,37-39,43,47,49,51,57,73H,19-21,23-30,33-36,65H2,1-7H3,(H,66,69)(H,68,76)(H,70,74)/t39-,47-,49+,51-,57+/m0/s1. The number of hydrogen-bond acceptors (Lipinski definition) is 14. The van der Waals surface area contributed by atoms with Gasteiger partial charge in [0, 0.05) is 44.0 Å². The number of halogens is 3. The maximum Gasteiger partial charge on any atom is 0.419 e. The van der Waals surface area contributed by atoms with Gasteiger partial charge in [-0.1, -0.05) is 77.1 Å². The number of ether oxygens (including phenoxy) is 4. The normalized spacial score (nSPS) is 17.1. The highest BCUT2D eigenvalue weighted by atomic mass is 32.1. The Morgan fingerprint density at radius 2 is 1.49 bits per heavy atom. The molecule has 4 amide bonds. The van der Waals surface area contributed by atoms with Crippen LogP contribution in [0.15, 0.2) is 90.6 Å². The van der Waals surface area contributed by atoms with E-state index in [1.807, 2.05) is 102 Å². The lowest BCUT2D eigenvalue weighted by Crippen LogP contribution is -2.58. The summed E-state index contributed by atoms with van der Waals surface area (Å²) in [6.45, 7) is 15.2. The van der Waals surface area contributed by atoms with Crippen LogP contribution in [-0.2, 0) is 39.6 Å². The number of carbonyl (C=O) groups excluding carboxylic acids is 4. The summed E-state index contributed by atoms with van der Waals surface area (Å²) in [7, 11) is 0. The zero-order valence-electron chi connectivity index (χ0n) is 47.9. The molecule has 21 heteroatoms. The molecule has 82 heavy (non-hydrogen) atoms. The fourth-order valence-corrected chi connectivity index (χ4v) is 11.0. The van der Waals surface area contributed by atoms with Gasteiger partial charge < -0.3 is 55.5 Å². The lowest BCUT2D eigenvalue weighted by atomic mass is 9.85. The van der Waals surface area contributed by atoms with Gasteiger partial charge in [-0.3, -0.25) is 19.2 Å². The molecule has 2 fully saturated rings. The van der Waals surface area contributed by atoms with Crippen LogP contribution in [0.1, 0.15) is 108 Å². The first-order valence-electron chi connectivity index (χ1n) is 28.1. The van der Waals surface area contributed by atoms with Crippen molar-refractivity contribution in [3.05, 3.63) is 113 Å². The van der Waals surface area contributed by atoms with E-state index >= 15 is 0 Å². The number of β-amino-alcohol motifs (C(OH)–C–C–N with tert-alkyl or cyclic N) is 1. The number of hydrogen-bond donors (Lipinski definition) is 5. The number of benzene rings is 3. The minimum Gasteiger partial charge on any atom is -0.491 e. The van der Waals surface area contributed by atoms with Gasteiger partial charge in [0.15, 0.2) is 0 Å². The average molecular weight is 1160 g/mol. The summed E-state index contributed by atoms with van der Waals surface area (Å²) in [6, 6.07) is 20.6. The summed E-state index contributed by atoms with van der Waals surface area (Å²) < 4.78 is 64.8. The second kappa shape index (κ2) is 29.2. The Kier molecular flexibility index (Phi) is 22.4. The third-order valence-electron chi connectivity index (χ3n) is 14.6. The van der Waals surface area contributed by atoms with Gasteiger partial charge in [-0.05, 0) is 115 Å². The molecule has 7 rings (SSSR count). The summed E-state index contributed by atoms with van der Waals surface area (Å²) >= 11 is 1.56. The van der Waals surface area contributed by atoms with Crippen molar-refractivity contribution in [1.82, 2.24) is 30.4 Å². The molecular weight excluding hydrogens is 1080 g/mol. The summed E-state index contributed by atoms with van der Waals surface area (Å²) in [5.41, 5.74) is 12.0. The number of nitrogens with two attached hydrogens (primary N) is 1. The van der Waals surface area contributed by atoms with E-state index in [1.165, 1.54) is 11.0 Å². The van der Waals surface area contributed by atoms with Crippen molar-refractivity contribution < 1.29 is 56.4 Å². The van der Waals surface area contributed by atoms with Crippen LogP contribution in [-0.4, -0.2) is 139 Å². The van der Waals surface area contributed by atoms with Gasteiger partial charge in [0.2, 0.25) is 23.6 Å². The molecule has 17 nitrogen and oxygen atoms in total. The van der Waals surface area contributed by atoms with Gasteiger partial charge >= 0.3 is 6.18 Å². The Bertz CT molecular complexity index is 2890. The predicted octanol–water partition coefficient (Wildman–Crippen LogP) is 9.21. The number of aromatic nitrogens is 2. The molecule has 0 unspecified atom stereocenters. The molecule has 3 aromatic carbocycles. The molecule has 0 aliphatic carbocycles. The van der Waals surface area contributed by atoms with Crippen molar-refractivity contribution in [3.8, 4) is 27.3 Å². The van der Waals surface area contributed by atoms with Gasteiger partial charge in [0.25, 0.3) is 0 Å². The number of carbonyl (C=O) groups is 4. The predicted molar refractivity (Wildman–Crippen MR) is 309 cm³/mol. The number of piperidine rings is 1. The number of likely N-dealkylation sites (tertiary alicyclic amines) is 2. The SMILES string of the molecule is Cc1ncsc1-c1ccc([C@H](C)NC(=O)[C@@H]2C[C@@H](O)CN2C(=O)[C@@H](NC(=O)COCCOCCOCCC(=O)N2CCC(c3ccc(Nc4cc(-c5ccc(OC[C@@H](N)CC(C)C)c(C(F)(F)F)c5)ccn4)cc3)CC2)C(C)(C)C)cc1. The molecule has 2 saturated heterocycles. The van der Waals surface area contributed by atoms with Crippen LogP contribution in [0.2, 0.25) is 0 Å². The Morgan fingerprint density at radius 1 is 0.829 bits per heavy atom. The lowest BCUT2D eigenvalue weighted by molar-refractivity contribution is -0.144. The summed E-state index contributed by atoms with van der Waals surface area (Å²) in [6.07, 6.45) is -1.43. The smallest absolute Gasteiger partial charge is 0.419 e. The maximum atomic E-state index is 14.2. The number of aryl methyl sites for hydroxylation is 1. The number of nitrogens with one attached hydrogen (secondary N) is 3. The molecule has 2 aliphatic rings. The van der Waals surface area contributed by atoms with Crippen LogP contribution in [0, 0.1) is 18.3 Å². The highest BCUT2D eigenvalue weighted by Gasteiger charge is 2.45. The quantitative estimate of drug-likeness (QED) is 0.0327. The van der Waals surface area contributed by atoms with Crippen molar-refractivity contribution in [2.45, 2.75) is 123 Å². The number of rotatable bonds is 26. The zero-order chi connectivity index (χ0) is 59.1. The van der Waals surface area contributed by atoms with Crippen LogP contribution in [0.25, 0.3) is 21.6 Å². The van der Waals surface area contributed by atoms with E-state index in [4.69, 9.17) is 24.7 Å². The fourth-order valence-electron chi connectivity index (χ4n) is 10.2. The van der Waals surface area contributed by atoms with Crippen molar-refractivity contribution in [2.24, 2.45) is 17.1 Å². The Labute approximate surface area is 482 Å². The third-order valence-corrected chi connectivity index (χ3v) is 15.6. The fraction of sp³-hybridized carbons (Fsp3) is 0.508. The van der Waals surface area contributed by atoms with Crippen LogP contribution >= 0.6 is 11.3 Å². The Hall–Kier alpha value is -6.49. The number of aliphatic hydroxyl groups is 1. The number of anilines is 2. The molecule has 5 aromatic rings. The van der Waals surface area contributed by atoms with Crippen LogP contribution in [0.3, 0.4) is 0 Å². The van der Waals surface area contributed by atoms with Crippen molar-refractivity contribution in [3.63, 3.8) is 0 Å². The summed E-state index contributed by atoms with van der Waals surface area (Å²) in [5, 5.41) is 19.7. The molecule has 0 radical (unpaired) electrons. The third kappa shape index (κ3) is 18.0. The van der Waals surface area contributed by atoms with Gasteiger partial charge in [-0.15, -0.1) is 11.3 Å². The van der Waals surface area contributed by atoms with E-state index in [0.717, 1.165) is 51.9 Å². The van der Waals surface area contributed by atoms with Gasteiger partial charge in [-0.2, -0.15) is 13.2 Å². The van der Waals surface area contributed by atoms with E-state index in [2.05, 4.69) is 25.9 Å². The first-order chi connectivity index (χ1) is 39.0. The van der Waals surface area contributed by atoms with Crippen molar-refractivity contribution in [1.29, 1.82) is 0 Å². The highest BCUT2D eigenvalue weighted by Crippen LogP contribution is 2.40. The Balaban J connectivity index is 0.754. The molecule has 5 atom stereocenters. The summed E-state index contributed by atoms with van der Waals surface area (Å²) in [4.78, 5) is 66.8. The average Bonchev–Trinajstić information content (AvgIpc) is 4.23. The van der Waals surface area contributed by atoms with Gasteiger partial charge in [-0.25, -0.2) is 9.97 Å². The van der Waals surface area contributed by atoms with Crippen LogP contribution in [0.4, 0.5) is 24.7 Å². The zero-order valence-corrected chi connectivity index (χ0v) is 48.7. The van der Waals surface area contributed by atoms with E-state index in [9.17, 15) is 37.5 Å². The molecule has 444 valence electrons. The highest BCUT2D eigenvalue weighted by molar-refractivity contribution is 7.13. The molecule has 2 aliphatic heterocycles. The largest absolute Gasteiger partial charge is 0.491 e. The molecule has 2 aromatic heterocycles. The maximum absolute atomic E-state index is 14.2. The minimum atomic E-state index is -4.63. The van der Waals surface area contributed by atoms with E-state index in [1.54, 1.807) is 41.2 Å². The molecular formula is C61H79F3N8O9S. The van der Waals surface area contributed by atoms with E-state index < -0.39 is 53.1 Å². The first-order valence-corrected chi connectivity index (χ1v) is 28.9. The molecule has 0 bridgehead atoms. The number of thiazole rings is 1. The number of alkyl halides is 3. The number of aliphatic hydroxyl groups excluding tert-OH is 1. The Morgan fingerprint density at radius 3 is 2.13 bits per heavy atom. The molecule has 0 saturated carbocycles. The van der Waals surface area contributed by atoms with Crippen molar-refractivity contribution >= 4 is 46.5 Å². The molecule has 6 N–H and O–H groups in total. The summed E-state index contributed by atoms with van der Waals surface area (Å²) in [5.74, 6) is -0.573. The lowest BCUT2D eigenvalue weighted by Gasteiger charge is -2.35. The van der Waals surface area contributed by atoms with Crippen molar-refractivity contribution in [2.75, 3.05) is 71.2 Å². The van der Waals surface area contributed by atoms with E-state index in [-0.39, 0.29) is 95.3 Å². The monoisotopic (exact) mass is 1160 g/mol. The van der Waals surface area contributed by atoms with E-state index in [0.29, 0.717) is 42.4 Å². The minimum absolute atomic E-state index is 0.0187. The number of amides is 4.